The summed E-state index contributed by atoms with van der Waals surface area (Å²) >= 11 is 0. The van der Waals surface area contributed by atoms with Gasteiger partial charge < -0.3 is 45.1 Å². The lowest BCUT2D eigenvalue weighted by atomic mass is 9.99. The summed E-state index contributed by atoms with van der Waals surface area (Å²) in [7, 11) is 0. The number of aliphatic hydroxyl groups is 5. The number of rotatable bonds is 60. The number of carbonyl (C=O) groups excluding carboxylic acids is 2. The molecule has 1 aliphatic heterocycles. The van der Waals surface area contributed by atoms with Gasteiger partial charge in [0, 0.05) is 6.42 Å². The molecule has 0 saturated carbocycles. The van der Waals surface area contributed by atoms with Crippen LogP contribution in [-0.2, 0) is 23.8 Å². The number of aliphatic hydroxyl groups excluding tert-OH is 5. The minimum atomic E-state index is -1.63. The van der Waals surface area contributed by atoms with Crippen LogP contribution in [0.5, 0.6) is 0 Å². The molecule has 0 aromatic rings. The second-order valence-electron chi connectivity index (χ2n) is 24.2. The van der Waals surface area contributed by atoms with E-state index in [1.54, 1.807) is 6.08 Å². The predicted octanol–water partition coefficient (Wildman–Crippen LogP) is 18.7. The SMILES string of the molecule is CC/C=C\C/C=C\C/C=C\C/C=C\C/C=C\CCCCCCCCCCCCC(O)C(=O)NC(COC1OC(CO)C(O)C(O)C1OC(=O)CCCCCCCCC/C=C\C/C=C\C/C=C\C/C=C\C/C=C\CC)C(O)/C=C/CCCCCCCCCCC. The van der Waals surface area contributed by atoms with Gasteiger partial charge in [-0.25, -0.2) is 0 Å². The van der Waals surface area contributed by atoms with E-state index in [9.17, 15) is 35.1 Å². The van der Waals surface area contributed by atoms with Crippen molar-refractivity contribution in [2.24, 2.45) is 0 Å². The molecule has 1 fully saturated rings. The van der Waals surface area contributed by atoms with E-state index in [1.165, 1.54) is 77.0 Å². The van der Waals surface area contributed by atoms with Crippen LogP contribution in [-0.4, -0.2) is 99.6 Å². The number of ether oxygens (including phenoxy) is 3. The molecule has 1 saturated heterocycles. The molecule has 6 N–H and O–H groups in total. The van der Waals surface area contributed by atoms with Gasteiger partial charge in [-0.15, -0.1) is 0 Å². The lowest BCUT2D eigenvalue weighted by Crippen LogP contribution is -2.61. The van der Waals surface area contributed by atoms with Gasteiger partial charge in [-0.1, -0.05) is 296 Å². The minimum Gasteiger partial charge on any atom is -0.454 e. The highest BCUT2D eigenvalue weighted by Gasteiger charge is 2.47. The molecule has 508 valence electrons. The standard InChI is InChI=1S/C78H131NO10/c1-4-7-10-13-16-19-22-24-26-28-30-32-34-35-36-38-39-41-43-45-47-50-53-56-59-62-65-71(82)77(86)79-69(70(81)64-61-58-55-52-49-21-18-15-12-9-6-3)68-87-78-76(75(85)74(84)72(67-80)88-78)89-73(83)66-63-60-57-54-51-48-46-44-42-40-37-33-31-29-27-25-23-20-17-14-11-8-5-2/h7-8,10-11,16-17,19-20,24-27,30-33,35-36,40,42,61,64,69-72,74-76,78,80-82,84-85H,4-6,9,12-15,18,21-23,28-29,34,37-39,41,43-60,62-63,65-68H2,1-3H3,(H,79,86)/b10-7-,11-8-,19-16-,20-17-,26-24-,27-25-,32-30-,33-31-,36-35-,42-40-,64-61+. The fraction of sp³-hybridized carbons (Fsp3) is 0.692. The van der Waals surface area contributed by atoms with Gasteiger partial charge in [-0.3, -0.25) is 9.59 Å². The highest BCUT2D eigenvalue weighted by atomic mass is 16.7. The molecule has 0 radical (unpaired) electrons. The van der Waals surface area contributed by atoms with Gasteiger partial charge in [0.2, 0.25) is 5.91 Å². The van der Waals surface area contributed by atoms with Crippen LogP contribution in [0.15, 0.2) is 134 Å². The zero-order valence-corrected chi connectivity index (χ0v) is 56.5. The normalized spacial score (nSPS) is 18.9. The molecule has 0 aromatic carbocycles. The van der Waals surface area contributed by atoms with Gasteiger partial charge in [0.05, 0.1) is 25.4 Å². The second-order valence-corrected chi connectivity index (χ2v) is 24.2. The van der Waals surface area contributed by atoms with E-state index in [-0.39, 0.29) is 19.4 Å². The first-order valence-electron chi connectivity index (χ1n) is 36.0. The zero-order chi connectivity index (χ0) is 64.6. The van der Waals surface area contributed by atoms with Crippen molar-refractivity contribution in [1.29, 1.82) is 0 Å². The van der Waals surface area contributed by atoms with Crippen LogP contribution >= 0.6 is 0 Å². The van der Waals surface area contributed by atoms with Crippen molar-refractivity contribution in [2.45, 2.75) is 333 Å². The lowest BCUT2D eigenvalue weighted by Gasteiger charge is -2.41. The van der Waals surface area contributed by atoms with Crippen molar-refractivity contribution in [3.05, 3.63) is 134 Å². The summed E-state index contributed by atoms with van der Waals surface area (Å²) in [5.74, 6) is -1.21. The van der Waals surface area contributed by atoms with E-state index in [0.717, 1.165) is 161 Å². The van der Waals surface area contributed by atoms with Crippen molar-refractivity contribution in [3.8, 4) is 0 Å². The number of hydrogen-bond acceptors (Lipinski definition) is 10. The Morgan fingerprint density at radius 1 is 0.449 bits per heavy atom. The van der Waals surface area contributed by atoms with Crippen LogP contribution in [0.1, 0.15) is 284 Å². The summed E-state index contributed by atoms with van der Waals surface area (Å²) in [6, 6.07) is -1.04. The van der Waals surface area contributed by atoms with Crippen LogP contribution in [0.25, 0.3) is 0 Å². The minimum absolute atomic E-state index is 0.104. The highest BCUT2D eigenvalue weighted by molar-refractivity contribution is 5.80. The van der Waals surface area contributed by atoms with Crippen molar-refractivity contribution < 1.29 is 49.3 Å². The van der Waals surface area contributed by atoms with Crippen LogP contribution in [0.3, 0.4) is 0 Å². The quantitative estimate of drug-likeness (QED) is 0.0195. The Morgan fingerprint density at radius 2 is 0.809 bits per heavy atom. The zero-order valence-electron chi connectivity index (χ0n) is 56.5. The van der Waals surface area contributed by atoms with Crippen molar-refractivity contribution in [3.63, 3.8) is 0 Å². The first kappa shape index (κ1) is 82.8. The van der Waals surface area contributed by atoms with Gasteiger partial charge in [0.25, 0.3) is 0 Å². The third kappa shape index (κ3) is 51.1. The molecule has 8 atom stereocenters. The Bertz CT molecular complexity index is 1960. The van der Waals surface area contributed by atoms with E-state index in [0.29, 0.717) is 12.8 Å². The molecule has 1 rings (SSSR count). The number of nitrogens with one attached hydrogen (secondary N) is 1. The Morgan fingerprint density at radius 3 is 1.21 bits per heavy atom. The summed E-state index contributed by atoms with van der Waals surface area (Å²) in [6.07, 6.45) is 80.6. The first-order valence-corrected chi connectivity index (χ1v) is 36.0. The Hall–Kier alpha value is -4.20. The number of unbranched alkanes of at least 4 members (excludes halogenated alkanes) is 26. The summed E-state index contributed by atoms with van der Waals surface area (Å²) in [5.41, 5.74) is 0. The maximum Gasteiger partial charge on any atom is 0.306 e. The molecule has 11 heteroatoms. The third-order valence-electron chi connectivity index (χ3n) is 16.0. The molecule has 89 heavy (non-hydrogen) atoms. The van der Waals surface area contributed by atoms with E-state index in [2.05, 4.69) is 148 Å². The Labute approximate surface area is 543 Å². The Balaban J connectivity index is 2.56. The van der Waals surface area contributed by atoms with Gasteiger partial charge in [0.15, 0.2) is 12.4 Å². The van der Waals surface area contributed by atoms with Crippen molar-refractivity contribution in [2.75, 3.05) is 13.2 Å². The smallest absolute Gasteiger partial charge is 0.306 e. The van der Waals surface area contributed by atoms with E-state index < -0.39 is 67.4 Å². The Kier molecular flexibility index (Phi) is 59.5. The molecule has 1 amide bonds. The van der Waals surface area contributed by atoms with Crippen LogP contribution in [0.2, 0.25) is 0 Å². The van der Waals surface area contributed by atoms with E-state index in [1.807, 2.05) is 6.08 Å². The van der Waals surface area contributed by atoms with Gasteiger partial charge in [0.1, 0.15) is 24.4 Å². The monoisotopic (exact) mass is 1240 g/mol. The van der Waals surface area contributed by atoms with Gasteiger partial charge in [-0.05, 0) is 116 Å². The topological polar surface area (TPSA) is 175 Å². The summed E-state index contributed by atoms with van der Waals surface area (Å²) in [5, 5.41) is 57.3. The van der Waals surface area contributed by atoms with E-state index in [4.69, 9.17) is 14.2 Å². The summed E-state index contributed by atoms with van der Waals surface area (Å²) < 4.78 is 17.7. The molecule has 0 aliphatic carbocycles. The van der Waals surface area contributed by atoms with Crippen molar-refractivity contribution >= 4 is 11.9 Å². The molecule has 1 aliphatic rings. The van der Waals surface area contributed by atoms with Crippen LogP contribution < -0.4 is 5.32 Å². The van der Waals surface area contributed by atoms with Crippen LogP contribution in [0.4, 0.5) is 0 Å². The average molecular weight is 1240 g/mol. The van der Waals surface area contributed by atoms with Gasteiger partial charge in [-0.2, -0.15) is 0 Å². The third-order valence-corrected chi connectivity index (χ3v) is 16.0. The lowest BCUT2D eigenvalue weighted by molar-refractivity contribution is -0.305. The fourth-order valence-electron chi connectivity index (χ4n) is 10.5. The first-order chi connectivity index (χ1) is 43.7. The molecule has 0 aromatic heterocycles. The van der Waals surface area contributed by atoms with Gasteiger partial charge >= 0.3 is 5.97 Å². The molecular weight excluding hydrogens is 1110 g/mol. The largest absolute Gasteiger partial charge is 0.454 e. The molecular formula is C78H131NO10. The molecule has 0 bridgehead atoms. The number of allylic oxidation sites excluding steroid dienone is 21. The van der Waals surface area contributed by atoms with Crippen LogP contribution in [0, 0.1) is 0 Å². The molecule has 0 spiro atoms. The number of esters is 1. The maximum atomic E-state index is 13.5. The van der Waals surface area contributed by atoms with E-state index >= 15 is 0 Å². The molecule has 8 unspecified atom stereocenters. The number of carbonyl (C=O) groups is 2. The van der Waals surface area contributed by atoms with Crippen molar-refractivity contribution in [1.82, 2.24) is 5.32 Å². The average Bonchev–Trinajstić information content (AvgIpc) is 2.45. The molecule has 1 heterocycles. The number of hydrogen-bond donors (Lipinski definition) is 6. The second kappa shape index (κ2) is 63.9. The summed E-state index contributed by atoms with van der Waals surface area (Å²) in [4.78, 5) is 26.7. The predicted molar refractivity (Wildman–Crippen MR) is 374 cm³/mol. The molecule has 11 nitrogen and oxygen atoms in total. The maximum absolute atomic E-state index is 13.5. The highest BCUT2D eigenvalue weighted by Crippen LogP contribution is 2.26. The fourth-order valence-corrected chi connectivity index (χ4v) is 10.5. The number of amides is 1. The summed E-state index contributed by atoms with van der Waals surface area (Å²) in [6.45, 7) is 5.56.